The molecule has 0 aliphatic carbocycles. The van der Waals surface area contributed by atoms with Crippen molar-refractivity contribution in [1.82, 2.24) is 10.6 Å². The van der Waals surface area contributed by atoms with Crippen LogP contribution in [0.2, 0.25) is 5.02 Å². The summed E-state index contributed by atoms with van der Waals surface area (Å²) in [6.45, 7) is 1.30. The van der Waals surface area contributed by atoms with Crippen LogP contribution in [0, 0.1) is 5.82 Å². The van der Waals surface area contributed by atoms with E-state index >= 15 is 0 Å². The maximum atomic E-state index is 13.3. The Kier molecular flexibility index (Phi) is 5.01. The molecular weight excluding hydrogens is 233 g/mol. The fourth-order valence-corrected chi connectivity index (χ4v) is 1.32. The minimum Gasteiger partial charge on any atom is -0.352 e. The van der Waals surface area contributed by atoms with Crippen LogP contribution >= 0.6 is 11.6 Å². The lowest BCUT2D eigenvalue weighted by atomic mass is 10.2. The molecule has 0 atom stereocenters. The number of nitrogens with two attached hydrogens (primary N) is 1. The summed E-state index contributed by atoms with van der Waals surface area (Å²) in [7, 11) is 0. The molecule has 1 rings (SSSR count). The standard InChI is InChI=1S/C10H13ClFN3O/c11-8-2-1-7(9(12)5-8)6-14-3-4-15-10(13)16/h1-2,5,14H,3-4,6H2,(H3,13,15,16). The Labute approximate surface area is 98.0 Å². The zero-order valence-corrected chi connectivity index (χ0v) is 9.35. The number of amides is 2. The van der Waals surface area contributed by atoms with Crippen molar-refractivity contribution in [1.29, 1.82) is 0 Å². The number of primary amides is 1. The first-order valence-electron chi connectivity index (χ1n) is 4.77. The van der Waals surface area contributed by atoms with Crippen LogP contribution in [-0.4, -0.2) is 19.1 Å². The van der Waals surface area contributed by atoms with E-state index in [0.29, 0.717) is 30.2 Å². The molecule has 1 aromatic rings. The van der Waals surface area contributed by atoms with Gasteiger partial charge in [-0.25, -0.2) is 9.18 Å². The van der Waals surface area contributed by atoms with Gasteiger partial charge in [0.2, 0.25) is 0 Å². The lowest BCUT2D eigenvalue weighted by Gasteiger charge is -2.06. The highest BCUT2D eigenvalue weighted by Gasteiger charge is 2.01. The Morgan fingerprint density at radius 1 is 1.44 bits per heavy atom. The van der Waals surface area contributed by atoms with E-state index in [9.17, 15) is 9.18 Å². The molecule has 0 bridgehead atoms. The fourth-order valence-electron chi connectivity index (χ4n) is 1.16. The molecule has 0 unspecified atom stereocenters. The van der Waals surface area contributed by atoms with Gasteiger partial charge in [0.05, 0.1) is 0 Å². The predicted octanol–water partition coefficient (Wildman–Crippen LogP) is 1.24. The van der Waals surface area contributed by atoms with Crippen molar-refractivity contribution in [3.8, 4) is 0 Å². The smallest absolute Gasteiger partial charge is 0.312 e. The molecule has 0 heterocycles. The first-order chi connectivity index (χ1) is 7.59. The molecule has 0 spiro atoms. The van der Waals surface area contributed by atoms with Crippen LogP contribution in [0.3, 0.4) is 0 Å². The first kappa shape index (κ1) is 12.7. The SMILES string of the molecule is NC(=O)NCCNCc1ccc(Cl)cc1F. The Morgan fingerprint density at radius 2 is 2.19 bits per heavy atom. The fraction of sp³-hybridized carbons (Fsp3) is 0.300. The van der Waals surface area contributed by atoms with E-state index in [4.69, 9.17) is 17.3 Å². The zero-order valence-electron chi connectivity index (χ0n) is 8.59. The van der Waals surface area contributed by atoms with E-state index in [1.54, 1.807) is 12.1 Å². The quantitative estimate of drug-likeness (QED) is 0.684. The molecule has 0 aromatic heterocycles. The highest BCUT2D eigenvalue weighted by molar-refractivity contribution is 6.30. The molecule has 1 aromatic carbocycles. The van der Waals surface area contributed by atoms with Crippen molar-refractivity contribution in [2.24, 2.45) is 5.73 Å². The van der Waals surface area contributed by atoms with Crippen LogP contribution in [0.1, 0.15) is 5.56 Å². The van der Waals surface area contributed by atoms with Crippen LogP contribution < -0.4 is 16.4 Å². The maximum Gasteiger partial charge on any atom is 0.312 e. The van der Waals surface area contributed by atoms with Gasteiger partial charge < -0.3 is 16.4 Å². The zero-order chi connectivity index (χ0) is 12.0. The van der Waals surface area contributed by atoms with Crippen LogP contribution in [0.5, 0.6) is 0 Å². The van der Waals surface area contributed by atoms with E-state index in [1.807, 2.05) is 0 Å². The normalized spacial score (nSPS) is 10.1. The van der Waals surface area contributed by atoms with Crippen LogP contribution in [0.15, 0.2) is 18.2 Å². The number of urea groups is 1. The lowest BCUT2D eigenvalue weighted by Crippen LogP contribution is -2.35. The monoisotopic (exact) mass is 245 g/mol. The molecule has 0 saturated heterocycles. The molecule has 4 nitrogen and oxygen atoms in total. The van der Waals surface area contributed by atoms with Crippen molar-refractivity contribution in [3.05, 3.63) is 34.6 Å². The molecule has 0 aliphatic rings. The van der Waals surface area contributed by atoms with Gasteiger partial charge in [-0.05, 0) is 12.1 Å². The van der Waals surface area contributed by atoms with Gasteiger partial charge in [0.25, 0.3) is 0 Å². The third-order valence-electron chi connectivity index (χ3n) is 1.93. The third-order valence-corrected chi connectivity index (χ3v) is 2.17. The van der Waals surface area contributed by atoms with Crippen LogP contribution in [0.4, 0.5) is 9.18 Å². The van der Waals surface area contributed by atoms with E-state index in [1.165, 1.54) is 6.07 Å². The number of rotatable bonds is 5. The number of hydrogen-bond donors (Lipinski definition) is 3. The topological polar surface area (TPSA) is 67.2 Å². The molecule has 0 radical (unpaired) electrons. The van der Waals surface area contributed by atoms with Gasteiger partial charge in [-0.15, -0.1) is 0 Å². The average Bonchev–Trinajstić information content (AvgIpc) is 2.20. The minimum atomic E-state index is -0.570. The number of halogens is 2. The van der Waals surface area contributed by atoms with Gasteiger partial charge in [-0.1, -0.05) is 17.7 Å². The van der Waals surface area contributed by atoms with Crippen LogP contribution in [-0.2, 0) is 6.54 Å². The van der Waals surface area contributed by atoms with Crippen LogP contribution in [0.25, 0.3) is 0 Å². The predicted molar refractivity (Wildman–Crippen MR) is 60.7 cm³/mol. The van der Waals surface area contributed by atoms with E-state index in [2.05, 4.69) is 10.6 Å². The summed E-state index contributed by atoms with van der Waals surface area (Å²) in [5, 5.41) is 5.75. The summed E-state index contributed by atoms with van der Waals surface area (Å²) in [6.07, 6.45) is 0. The van der Waals surface area contributed by atoms with Crippen molar-refractivity contribution < 1.29 is 9.18 Å². The number of carbonyl (C=O) groups is 1. The molecule has 4 N–H and O–H groups in total. The molecule has 0 saturated carbocycles. The Bertz CT molecular complexity index is 373. The second-order valence-corrected chi connectivity index (χ2v) is 3.64. The average molecular weight is 246 g/mol. The molecule has 0 aliphatic heterocycles. The van der Waals surface area contributed by atoms with Gasteiger partial charge in [0.1, 0.15) is 5.82 Å². The summed E-state index contributed by atoms with van der Waals surface area (Å²) in [5.41, 5.74) is 5.41. The van der Waals surface area contributed by atoms with Crippen molar-refractivity contribution in [2.75, 3.05) is 13.1 Å². The van der Waals surface area contributed by atoms with Crippen molar-refractivity contribution in [2.45, 2.75) is 6.54 Å². The summed E-state index contributed by atoms with van der Waals surface area (Å²) < 4.78 is 13.3. The Balaban J connectivity index is 2.29. The maximum absolute atomic E-state index is 13.3. The first-order valence-corrected chi connectivity index (χ1v) is 5.15. The minimum absolute atomic E-state index is 0.345. The lowest BCUT2D eigenvalue weighted by molar-refractivity contribution is 0.249. The second-order valence-electron chi connectivity index (χ2n) is 3.20. The molecular formula is C10H13ClFN3O. The molecule has 6 heteroatoms. The number of hydrogen-bond acceptors (Lipinski definition) is 2. The molecule has 16 heavy (non-hydrogen) atoms. The number of benzene rings is 1. The van der Waals surface area contributed by atoms with Crippen molar-refractivity contribution in [3.63, 3.8) is 0 Å². The van der Waals surface area contributed by atoms with E-state index in [0.717, 1.165) is 0 Å². The largest absolute Gasteiger partial charge is 0.352 e. The van der Waals surface area contributed by atoms with E-state index in [-0.39, 0.29) is 5.82 Å². The van der Waals surface area contributed by atoms with Gasteiger partial charge in [0.15, 0.2) is 0 Å². The number of nitrogens with one attached hydrogen (secondary N) is 2. The van der Waals surface area contributed by atoms with Gasteiger partial charge in [-0.3, -0.25) is 0 Å². The summed E-state index contributed by atoms with van der Waals surface area (Å²) in [6, 6.07) is 3.94. The van der Waals surface area contributed by atoms with Gasteiger partial charge in [0, 0.05) is 30.2 Å². The Hall–Kier alpha value is -1.33. The molecule has 2 amide bonds. The van der Waals surface area contributed by atoms with Crippen molar-refractivity contribution >= 4 is 17.6 Å². The highest BCUT2D eigenvalue weighted by atomic mass is 35.5. The third kappa shape index (κ3) is 4.46. The summed E-state index contributed by atoms with van der Waals surface area (Å²) >= 11 is 5.61. The molecule has 88 valence electrons. The highest BCUT2D eigenvalue weighted by Crippen LogP contribution is 2.14. The Morgan fingerprint density at radius 3 is 2.81 bits per heavy atom. The van der Waals surface area contributed by atoms with Gasteiger partial charge in [-0.2, -0.15) is 0 Å². The second kappa shape index (κ2) is 6.30. The summed E-state index contributed by atoms with van der Waals surface area (Å²) in [5.74, 6) is -0.345. The van der Waals surface area contributed by atoms with Gasteiger partial charge >= 0.3 is 6.03 Å². The summed E-state index contributed by atoms with van der Waals surface area (Å²) in [4.78, 5) is 10.3. The van der Waals surface area contributed by atoms with E-state index < -0.39 is 6.03 Å². The number of carbonyl (C=O) groups excluding carboxylic acids is 1. The molecule has 0 fully saturated rings.